The van der Waals surface area contributed by atoms with Gasteiger partial charge < -0.3 is 4.74 Å². The van der Waals surface area contributed by atoms with Crippen LogP contribution in [0.4, 0.5) is 0 Å². The van der Waals surface area contributed by atoms with Crippen LogP contribution in [0.25, 0.3) is 0 Å². The molecule has 14 heavy (non-hydrogen) atoms. The standard InChI is InChI=1S/C10H19NOS.ClH/c1-8-6-11-10(2,12-7-8)9-4-3-5-13-9;/h8-9,11H,3-7H2,1-2H3;1H. The topological polar surface area (TPSA) is 21.3 Å². The molecule has 0 spiro atoms. The molecule has 0 amide bonds. The normalized spacial score (nSPS) is 43.3. The summed E-state index contributed by atoms with van der Waals surface area (Å²) in [5.41, 5.74) is -0.0479. The predicted molar refractivity (Wildman–Crippen MR) is 64.3 cm³/mol. The highest BCUT2D eigenvalue weighted by atomic mass is 35.5. The van der Waals surface area contributed by atoms with Crippen molar-refractivity contribution in [2.75, 3.05) is 18.9 Å². The van der Waals surface area contributed by atoms with Crippen molar-refractivity contribution in [3.8, 4) is 0 Å². The smallest absolute Gasteiger partial charge is 0.128 e. The Morgan fingerprint density at radius 1 is 1.50 bits per heavy atom. The lowest BCUT2D eigenvalue weighted by Gasteiger charge is -2.41. The third-order valence-electron chi connectivity index (χ3n) is 3.01. The Hall–Kier alpha value is 0.560. The van der Waals surface area contributed by atoms with E-state index < -0.39 is 0 Å². The van der Waals surface area contributed by atoms with Gasteiger partial charge in [-0.1, -0.05) is 6.92 Å². The molecule has 0 aromatic heterocycles. The molecule has 3 unspecified atom stereocenters. The summed E-state index contributed by atoms with van der Waals surface area (Å²) in [6, 6.07) is 0. The van der Waals surface area contributed by atoms with Crippen molar-refractivity contribution >= 4 is 24.2 Å². The highest BCUT2D eigenvalue weighted by molar-refractivity contribution is 8.00. The first-order valence-corrected chi connectivity index (χ1v) is 6.26. The second kappa shape index (κ2) is 5.06. The Morgan fingerprint density at radius 2 is 2.29 bits per heavy atom. The zero-order chi connectivity index (χ0) is 9.31. The van der Waals surface area contributed by atoms with Crippen LogP contribution in [0.2, 0.25) is 0 Å². The van der Waals surface area contributed by atoms with E-state index in [4.69, 9.17) is 4.74 Å². The summed E-state index contributed by atoms with van der Waals surface area (Å²) in [4.78, 5) is 0. The quantitative estimate of drug-likeness (QED) is 0.756. The summed E-state index contributed by atoms with van der Waals surface area (Å²) in [5, 5.41) is 4.21. The van der Waals surface area contributed by atoms with Gasteiger partial charge in [0, 0.05) is 11.8 Å². The maximum absolute atomic E-state index is 5.93. The fourth-order valence-corrected chi connectivity index (χ4v) is 3.44. The zero-order valence-corrected chi connectivity index (χ0v) is 10.5. The molecule has 2 aliphatic heterocycles. The molecule has 0 radical (unpaired) electrons. The summed E-state index contributed by atoms with van der Waals surface area (Å²) < 4.78 is 5.93. The van der Waals surface area contributed by atoms with E-state index in [1.807, 2.05) is 0 Å². The molecule has 2 fully saturated rings. The molecular weight excluding hydrogens is 218 g/mol. The van der Waals surface area contributed by atoms with E-state index in [9.17, 15) is 0 Å². The average molecular weight is 238 g/mol. The van der Waals surface area contributed by atoms with Crippen LogP contribution in [0, 0.1) is 5.92 Å². The minimum atomic E-state index is -0.0479. The van der Waals surface area contributed by atoms with Gasteiger partial charge in [0.25, 0.3) is 0 Å². The van der Waals surface area contributed by atoms with Gasteiger partial charge in [-0.05, 0) is 31.4 Å². The molecule has 2 saturated heterocycles. The number of ether oxygens (including phenoxy) is 1. The van der Waals surface area contributed by atoms with E-state index in [0.717, 1.165) is 13.2 Å². The maximum Gasteiger partial charge on any atom is 0.128 e. The van der Waals surface area contributed by atoms with Gasteiger partial charge in [-0.15, -0.1) is 12.4 Å². The number of hydrogen-bond donors (Lipinski definition) is 1. The largest absolute Gasteiger partial charge is 0.359 e. The van der Waals surface area contributed by atoms with Gasteiger partial charge in [0.05, 0.1) is 6.61 Å². The highest BCUT2D eigenvalue weighted by Gasteiger charge is 2.39. The molecule has 3 atom stereocenters. The van der Waals surface area contributed by atoms with Crippen molar-refractivity contribution in [3.05, 3.63) is 0 Å². The van der Waals surface area contributed by atoms with Crippen molar-refractivity contribution < 1.29 is 4.74 Å². The highest BCUT2D eigenvalue weighted by Crippen LogP contribution is 2.36. The second-order valence-electron chi connectivity index (χ2n) is 4.41. The first kappa shape index (κ1) is 12.6. The first-order chi connectivity index (χ1) is 6.21. The number of nitrogens with one attached hydrogen (secondary N) is 1. The van der Waals surface area contributed by atoms with Crippen molar-refractivity contribution in [3.63, 3.8) is 0 Å². The minimum absolute atomic E-state index is 0. The molecule has 0 aliphatic carbocycles. The van der Waals surface area contributed by atoms with Crippen LogP contribution in [-0.2, 0) is 4.74 Å². The van der Waals surface area contributed by atoms with Gasteiger partial charge >= 0.3 is 0 Å². The number of thioether (sulfide) groups is 1. The number of halogens is 1. The van der Waals surface area contributed by atoms with Crippen molar-refractivity contribution in [2.24, 2.45) is 5.92 Å². The minimum Gasteiger partial charge on any atom is -0.359 e. The molecule has 2 heterocycles. The van der Waals surface area contributed by atoms with Crippen LogP contribution < -0.4 is 5.32 Å². The fraction of sp³-hybridized carbons (Fsp3) is 1.00. The Balaban J connectivity index is 0.000000980. The third kappa shape index (κ3) is 2.57. The van der Waals surface area contributed by atoms with Crippen molar-refractivity contribution in [1.29, 1.82) is 0 Å². The van der Waals surface area contributed by atoms with E-state index in [-0.39, 0.29) is 18.1 Å². The van der Waals surface area contributed by atoms with Crippen LogP contribution in [0.3, 0.4) is 0 Å². The lowest BCUT2D eigenvalue weighted by Crippen LogP contribution is -2.57. The lowest BCUT2D eigenvalue weighted by atomic mass is 10.0. The summed E-state index contributed by atoms with van der Waals surface area (Å²) in [6.45, 7) is 6.46. The Kier molecular flexibility index (Phi) is 4.56. The van der Waals surface area contributed by atoms with E-state index in [1.165, 1.54) is 18.6 Å². The Morgan fingerprint density at radius 3 is 2.79 bits per heavy atom. The molecule has 2 rings (SSSR count). The Bertz CT molecular complexity index is 177. The van der Waals surface area contributed by atoms with E-state index in [0.29, 0.717) is 11.2 Å². The van der Waals surface area contributed by atoms with E-state index in [1.54, 1.807) is 0 Å². The maximum atomic E-state index is 5.93. The molecule has 0 aromatic rings. The average Bonchev–Trinajstić information content (AvgIpc) is 2.63. The van der Waals surface area contributed by atoms with Gasteiger partial charge in [-0.2, -0.15) is 11.8 Å². The number of hydrogen-bond acceptors (Lipinski definition) is 3. The van der Waals surface area contributed by atoms with Gasteiger partial charge in [0.1, 0.15) is 5.72 Å². The van der Waals surface area contributed by atoms with Crippen molar-refractivity contribution in [1.82, 2.24) is 5.32 Å². The molecule has 84 valence electrons. The number of rotatable bonds is 1. The summed E-state index contributed by atoms with van der Waals surface area (Å²) in [6.07, 6.45) is 2.66. The van der Waals surface area contributed by atoms with Crippen molar-refractivity contribution in [2.45, 2.75) is 37.7 Å². The molecule has 0 saturated carbocycles. The molecule has 2 aliphatic rings. The summed E-state index contributed by atoms with van der Waals surface area (Å²) in [5.74, 6) is 1.97. The first-order valence-electron chi connectivity index (χ1n) is 5.21. The fourth-order valence-electron chi connectivity index (χ4n) is 2.02. The Labute approximate surface area is 97.0 Å². The third-order valence-corrected chi connectivity index (χ3v) is 4.63. The van der Waals surface area contributed by atoms with Crippen LogP contribution >= 0.6 is 24.2 Å². The molecule has 4 heteroatoms. The molecule has 0 bridgehead atoms. The molecular formula is C10H20ClNOS. The van der Waals surface area contributed by atoms with Gasteiger partial charge in [-0.25, -0.2) is 0 Å². The van der Waals surface area contributed by atoms with E-state index >= 15 is 0 Å². The second-order valence-corrected chi connectivity index (χ2v) is 5.72. The van der Waals surface area contributed by atoms with Crippen LogP contribution in [0.15, 0.2) is 0 Å². The lowest BCUT2D eigenvalue weighted by molar-refractivity contribution is -0.101. The van der Waals surface area contributed by atoms with Crippen LogP contribution in [0.1, 0.15) is 26.7 Å². The van der Waals surface area contributed by atoms with Crippen LogP contribution in [0.5, 0.6) is 0 Å². The molecule has 0 aromatic carbocycles. The summed E-state index contributed by atoms with van der Waals surface area (Å²) >= 11 is 2.06. The zero-order valence-electron chi connectivity index (χ0n) is 8.91. The van der Waals surface area contributed by atoms with Crippen LogP contribution in [-0.4, -0.2) is 29.9 Å². The molecule has 1 N–H and O–H groups in total. The predicted octanol–water partition coefficient (Wildman–Crippen LogP) is 2.28. The van der Waals surface area contributed by atoms with Gasteiger partial charge in [-0.3, -0.25) is 5.32 Å². The SMILES string of the molecule is CC1CNC(C)(C2CCCS2)OC1.Cl. The van der Waals surface area contributed by atoms with E-state index in [2.05, 4.69) is 30.9 Å². The van der Waals surface area contributed by atoms with Gasteiger partial charge in [0.15, 0.2) is 0 Å². The van der Waals surface area contributed by atoms with Gasteiger partial charge in [0.2, 0.25) is 0 Å². The summed E-state index contributed by atoms with van der Waals surface area (Å²) in [7, 11) is 0. The monoisotopic (exact) mass is 237 g/mol. The molecule has 2 nitrogen and oxygen atoms in total.